The molecule has 18 heavy (non-hydrogen) atoms. The molecule has 1 aromatic rings. The summed E-state index contributed by atoms with van der Waals surface area (Å²) < 4.78 is 0. The van der Waals surface area contributed by atoms with Gasteiger partial charge in [-0.25, -0.2) is 0 Å². The van der Waals surface area contributed by atoms with E-state index in [1.165, 1.54) is 13.0 Å². The fourth-order valence-electron chi connectivity index (χ4n) is 2.18. The van der Waals surface area contributed by atoms with Crippen LogP contribution < -0.4 is 10.2 Å². The second-order valence-corrected chi connectivity index (χ2v) is 4.34. The minimum atomic E-state index is -0.404. The molecule has 1 aromatic carbocycles. The van der Waals surface area contributed by atoms with Crippen LogP contribution in [-0.4, -0.2) is 23.9 Å². The van der Waals surface area contributed by atoms with Gasteiger partial charge < -0.3 is 10.2 Å². The zero-order valence-corrected chi connectivity index (χ0v) is 10.2. The molecule has 0 radical (unpaired) electrons. The number of nitrogens with one attached hydrogen (secondary N) is 1. The van der Waals surface area contributed by atoms with E-state index in [1.807, 2.05) is 4.90 Å². The van der Waals surface area contributed by atoms with E-state index in [0.717, 1.165) is 25.9 Å². The normalized spacial score (nSPS) is 14.6. The van der Waals surface area contributed by atoms with Gasteiger partial charge in [0.25, 0.3) is 5.69 Å². The molecule has 0 aliphatic carbocycles. The monoisotopic (exact) mass is 249 g/mol. The third-order valence-corrected chi connectivity index (χ3v) is 2.94. The molecule has 6 heteroatoms. The highest BCUT2D eigenvalue weighted by Gasteiger charge is 2.22. The Labute approximate surface area is 105 Å². The van der Waals surface area contributed by atoms with Crippen molar-refractivity contribution in [3.8, 4) is 0 Å². The molecule has 96 valence electrons. The summed E-state index contributed by atoms with van der Waals surface area (Å²) in [6.07, 6.45) is 2.12. The van der Waals surface area contributed by atoms with Crippen LogP contribution in [0.25, 0.3) is 0 Å². The second-order valence-electron chi connectivity index (χ2n) is 4.34. The third kappa shape index (κ3) is 2.58. The molecule has 1 N–H and O–H groups in total. The maximum atomic E-state index is 11.1. The van der Waals surface area contributed by atoms with Gasteiger partial charge >= 0.3 is 0 Å². The molecule has 0 saturated carbocycles. The Hall–Kier alpha value is -2.11. The van der Waals surface area contributed by atoms with Gasteiger partial charge in [-0.3, -0.25) is 14.9 Å². The number of rotatable bonds is 3. The number of hydrogen-bond donors (Lipinski definition) is 1. The van der Waals surface area contributed by atoms with Crippen LogP contribution >= 0.6 is 0 Å². The quantitative estimate of drug-likeness (QED) is 0.657. The number of benzene rings is 1. The number of hydrogen-bond acceptors (Lipinski definition) is 4. The van der Waals surface area contributed by atoms with Gasteiger partial charge in [-0.2, -0.15) is 0 Å². The largest absolute Gasteiger partial charge is 0.366 e. The first-order valence-electron chi connectivity index (χ1n) is 5.89. The molecule has 0 aromatic heterocycles. The smallest absolute Gasteiger partial charge is 0.294 e. The van der Waals surface area contributed by atoms with Crippen LogP contribution in [0.5, 0.6) is 0 Å². The molecule has 1 heterocycles. The Bertz CT molecular complexity index is 481. The number of anilines is 2. The number of nitro benzene ring substituents is 1. The molecule has 6 nitrogen and oxygen atoms in total. The standard InChI is InChI=1S/C12H15N3O3/c1-9(16)13-10-4-5-11(12(8-10)15(17)18)14-6-2-3-7-14/h4-5,8H,2-3,6-7H2,1H3,(H,13,16). The lowest BCUT2D eigenvalue weighted by Crippen LogP contribution is -2.19. The van der Waals surface area contributed by atoms with E-state index in [1.54, 1.807) is 12.1 Å². The summed E-state index contributed by atoms with van der Waals surface area (Å²) >= 11 is 0. The van der Waals surface area contributed by atoms with Gasteiger partial charge in [0, 0.05) is 31.8 Å². The number of nitro groups is 1. The molecular formula is C12H15N3O3. The SMILES string of the molecule is CC(=O)Nc1ccc(N2CCCC2)c([N+](=O)[O-])c1. The van der Waals surface area contributed by atoms with Crippen molar-refractivity contribution in [1.29, 1.82) is 0 Å². The van der Waals surface area contributed by atoms with Crippen molar-refractivity contribution in [3.05, 3.63) is 28.3 Å². The lowest BCUT2D eigenvalue weighted by molar-refractivity contribution is -0.384. The summed E-state index contributed by atoms with van der Waals surface area (Å²) in [7, 11) is 0. The molecule has 1 amide bonds. The fourth-order valence-corrected chi connectivity index (χ4v) is 2.18. The van der Waals surface area contributed by atoms with Crippen LogP contribution in [0.15, 0.2) is 18.2 Å². The summed E-state index contributed by atoms with van der Waals surface area (Å²) in [4.78, 5) is 23.6. The average molecular weight is 249 g/mol. The van der Waals surface area contributed by atoms with Crippen LogP contribution in [0.2, 0.25) is 0 Å². The zero-order valence-electron chi connectivity index (χ0n) is 10.2. The van der Waals surface area contributed by atoms with Gasteiger partial charge in [-0.15, -0.1) is 0 Å². The molecule has 2 rings (SSSR count). The first-order valence-corrected chi connectivity index (χ1v) is 5.89. The van der Waals surface area contributed by atoms with Crippen LogP contribution in [-0.2, 0) is 4.79 Å². The van der Waals surface area contributed by atoms with Gasteiger partial charge in [-0.1, -0.05) is 0 Å². The highest BCUT2D eigenvalue weighted by molar-refractivity contribution is 5.89. The Morgan fingerprint density at radius 3 is 2.61 bits per heavy atom. The van der Waals surface area contributed by atoms with Gasteiger partial charge in [0.2, 0.25) is 5.91 Å². The van der Waals surface area contributed by atoms with Crippen LogP contribution in [0.1, 0.15) is 19.8 Å². The molecular weight excluding hydrogens is 234 g/mol. The van der Waals surface area contributed by atoms with E-state index in [2.05, 4.69) is 5.32 Å². The number of nitrogens with zero attached hydrogens (tertiary/aromatic N) is 2. The van der Waals surface area contributed by atoms with E-state index in [0.29, 0.717) is 11.4 Å². The van der Waals surface area contributed by atoms with E-state index in [9.17, 15) is 14.9 Å². The maximum Gasteiger partial charge on any atom is 0.294 e. The highest BCUT2D eigenvalue weighted by atomic mass is 16.6. The average Bonchev–Trinajstić information content (AvgIpc) is 2.81. The number of carbonyl (C=O) groups is 1. The van der Waals surface area contributed by atoms with E-state index < -0.39 is 4.92 Å². The predicted octanol–water partition coefficient (Wildman–Crippen LogP) is 2.15. The van der Waals surface area contributed by atoms with Gasteiger partial charge in [-0.05, 0) is 25.0 Å². The molecule has 0 spiro atoms. The van der Waals surface area contributed by atoms with Gasteiger partial charge in [0.15, 0.2) is 0 Å². The van der Waals surface area contributed by atoms with Gasteiger partial charge in [0.1, 0.15) is 5.69 Å². The van der Waals surface area contributed by atoms with Crippen LogP contribution in [0, 0.1) is 10.1 Å². The van der Waals surface area contributed by atoms with Crippen molar-refractivity contribution in [3.63, 3.8) is 0 Å². The van der Waals surface area contributed by atoms with E-state index in [4.69, 9.17) is 0 Å². The van der Waals surface area contributed by atoms with Crippen molar-refractivity contribution >= 4 is 23.0 Å². The number of carbonyl (C=O) groups excluding carboxylic acids is 1. The summed E-state index contributed by atoms with van der Waals surface area (Å²) in [6, 6.07) is 4.81. The lowest BCUT2D eigenvalue weighted by atomic mass is 10.2. The van der Waals surface area contributed by atoms with Crippen LogP contribution in [0.4, 0.5) is 17.1 Å². The van der Waals surface area contributed by atoms with Crippen molar-refractivity contribution in [2.75, 3.05) is 23.3 Å². The van der Waals surface area contributed by atoms with E-state index >= 15 is 0 Å². The van der Waals surface area contributed by atoms with Crippen molar-refractivity contribution in [1.82, 2.24) is 0 Å². The molecule has 0 bridgehead atoms. The molecule has 1 saturated heterocycles. The minimum absolute atomic E-state index is 0.0446. The molecule has 1 fully saturated rings. The molecule has 0 unspecified atom stereocenters. The van der Waals surface area contributed by atoms with Crippen molar-refractivity contribution < 1.29 is 9.72 Å². The predicted molar refractivity (Wildman–Crippen MR) is 68.8 cm³/mol. The Morgan fingerprint density at radius 1 is 1.39 bits per heavy atom. The van der Waals surface area contributed by atoms with Gasteiger partial charge in [0.05, 0.1) is 4.92 Å². The fraction of sp³-hybridized carbons (Fsp3) is 0.417. The summed E-state index contributed by atoms with van der Waals surface area (Å²) in [5, 5.41) is 13.6. The molecule has 0 atom stereocenters. The summed E-state index contributed by atoms with van der Waals surface area (Å²) in [6.45, 7) is 3.07. The Kier molecular flexibility index (Phi) is 3.45. The molecule has 1 aliphatic rings. The maximum absolute atomic E-state index is 11.1. The molecule has 1 aliphatic heterocycles. The minimum Gasteiger partial charge on any atom is -0.366 e. The first-order chi connectivity index (χ1) is 8.58. The lowest BCUT2D eigenvalue weighted by Gasteiger charge is -2.17. The topological polar surface area (TPSA) is 75.5 Å². The number of amides is 1. The highest BCUT2D eigenvalue weighted by Crippen LogP contribution is 2.33. The van der Waals surface area contributed by atoms with E-state index in [-0.39, 0.29) is 11.6 Å². The summed E-state index contributed by atoms with van der Waals surface area (Å²) in [5.74, 6) is -0.238. The third-order valence-electron chi connectivity index (χ3n) is 2.94. The Balaban J connectivity index is 2.34. The Morgan fingerprint density at radius 2 is 2.06 bits per heavy atom. The zero-order chi connectivity index (χ0) is 13.1. The second kappa shape index (κ2) is 5.03. The first kappa shape index (κ1) is 12.3. The summed E-state index contributed by atoms with van der Waals surface area (Å²) in [5.41, 5.74) is 1.13. The van der Waals surface area contributed by atoms with Crippen molar-refractivity contribution in [2.24, 2.45) is 0 Å². The van der Waals surface area contributed by atoms with Crippen molar-refractivity contribution in [2.45, 2.75) is 19.8 Å². The van der Waals surface area contributed by atoms with Crippen LogP contribution in [0.3, 0.4) is 0 Å².